The number of rotatable bonds is 3. The Bertz CT molecular complexity index is 112. The Labute approximate surface area is 65.8 Å². The first-order chi connectivity index (χ1) is 4.31. The lowest BCUT2D eigenvalue weighted by Gasteiger charge is -1.86. The van der Waals surface area contributed by atoms with E-state index in [4.69, 9.17) is 0 Å². The van der Waals surface area contributed by atoms with Gasteiger partial charge < -0.3 is 0 Å². The van der Waals surface area contributed by atoms with Gasteiger partial charge in [-0.3, -0.25) is 0 Å². The Kier molecular flexibility index (Phi) is 6.06. The molecule has 52 valence electrons. The molecule has 0 fully saturated rings. The third-order valence-electron chi connectivity index (χ3n) is 1.11. The average molecular weight is 189 g/mol. The fourth-order valence-corrected chi connectivity index (χ4v) is 0.693. The fraction of sp³-hybridized carbons (Fsp3) is 0.500. The highest BCUT2D eigenvalue weighted by Crippen LogP contribution is 1.96. The molecule has 0 aliphatic carbocycles. The van der Waals surface area contributed by atoms with Crippen molar-refractivity contribution >= 4 is 15.9 Å². The SMILES string of the molecule is C/C=C(C)\C=C\CCBr. The van der Waals surface area contributed by atoms with Gasteiger partial charge in [0.1, 0.15) is 0 Å². The van der Waals surface area contributed by atoms with Crippen molar-refractivity contribution in [2.24, 2.45) is 0 Å². The van der Waals surface area contributed by atoms with Gasteiger partial charge in [-0.25, -0.2) is 0 Å². The van der Waals surface area contributed by atoms with Crippen molar-refractivity contribution in [3.63, 3.8) is 0 Å². The van der Waals surface area contributed by atoms with Gasteiger partial charge in [-0.15, -0.1) is 0 Å². The number of alkyl halides is 1. The van der Waals surface area contributed by atoms with Crippen LogP contribution in [0.25, 0.3) is 0 Å². The molecule has 0 saturated carbocycles. The topological polar surface area (TPSA) is 0 Å². The molecule has 0 aromatic heterocycles. The summed E-state index contributed by atoms with van der Waals surface area (Å²) >= 11 is 3.35. The first kappa shape index (κ1) is 8.96. The Hall–Kier alpha value is -0.0400. The van der Waals surface area contributed by atoms with E-state index in [1.807, 2.05) is 6.92 Å². The first-order valence-corrected chi connectivity index (χ1v) is 4.29. The highest BCUT2D eigenvalue weighted by Gasteiger charge is 1.76. The average Bonchev–Trinajstić information content (AvgIpc) is 1.89. The minimum atomic E-state index is 1.06. The quantitative estimate of drug-likeness (QED) is 0.472. The van der Waals surface area contributed by atoms with E-state index in [9.17, 15) is 0 Å². The summed E-state index contributed by atoms with van der Waals surface area (Å²) in [5.41, 5.74) is 1.33. The molecule has 0 unspecified atom stereocenters. The summed E-state index contributed by atoms with van der Waals surface area (Å²) in [6.45, 7) is 4.15. The van der Waals surface area contributed by atoms with Crippen LogP contribution in [0.3, 0.4) is 0 Å². The van der Waals surface area contributed by atoms with E-state index in [2.05, 4.69) is 41.1 Å². The van der Waals surface area contributed by atoms with Gasteiger partial charge in [0.2, 0.25) is 0 Å². The van der Waals surface area contributed by atoms with Crippen LogP contribution in [0.5, 0.6) is 0 Å². The van der Waals surface area contributed by atoms with Gasteiger partial charge in [-0.1, -0.05) is 39.7 Å². The maximum absolute atomic E-state index is 3.35. The van der Waals surface area contributed by atoms with Crippen LogP contribution in [0.15, 0.2) is 23.8 Å². The van der Waals surface area contributed by atoms with Crippen molar-refractivity contribution in [1.29, 1.82) is 0 Å². The first-order valence-electron chi connectivity index (χ1n) is 3.16. The molecule has 0 aliphatic heterocycles. The second kappa shape index (κ2) is 6.09. The molecule has 0 aromatic rings. The predicted octanol–water partition coefficient (Wildman–Crippen LogP) is 3.29. The standard InChI is InChI=1S/C8H13Br/c1-3-8(2)6-4-5-7-9/h3-4,6H,5,7H2,1-2H3/b6-4+,8-3-. The van der Waals surface area contributed by atoms with E-state index in [0.29, 0.717) is 0 Å². The number of hydrogen-bond donors (Lipinski definition) is 0. The lowest BCUT2D eigenvalue weighted by molar-refractivity contribution is 1.25. The van der Waals surface area contributed by atoms with Gasteiger partial charge in [0.05, 0.1) is 0 Å². The molecule has 0 bridgehead atoms. The molecule has 0 spiro atoms. The number of allylic oxidation sites excluding steroid dienone is 4. The van der Waals surface area contributed by atoms with Crippen LogP contribution >= 0.6 is 15.9 Å². The predicted molar refractivity (Wildman–Crippen MR) is 47.0 cm³/mol. The summed E-state index contributed by atoms with van der Waals surface area (Å²) in [5, 5.41) is 1.06. The molecule has 1 heteroatoms. The fourth-order valence-electron chi connectivity index (χ4n) is 0.428. The van der Waals surface area contributed by atoms with Crippen LogP contribution in [-0.4, -0.2) is 5.33 Å². The molecule has 0 atom stereocenters. The smallest absolute Gasteiger partial charge is 0.00660 e. The zero-order chi connectivity index (χ0) is 7.11. The molecule has 9 heavy (non-hydrogen) atoms. The van der Waals surface area contributed by atoms with E-state index in [0.717, 1.165) is 11.8 Å². The monoisotopic (exact) mass is 188 g/mol. The summed E-state index contributed by atoms with van der Waals surface area (Å²) in [6.07, 6.45) is 7.53. The molecule has 0 rings (SSSR count). The zero-order valence-electron chi connectivity index (χ0n) is 6.02. The number of hydrogen-bond acceptors (Lipinski definition) is 0. The van der Waals surface area contributed by atoms with Crippen molar-refractivity contribution in [3.8, 4) is 0 Å². The Morgan fingerprint density at radius 3 is 2.67 bits per heavy atom. The van der Waals surface area contributed by atoms with Crippen molar-refractivity contribution in [2.45, 2.75) is 20.3 Å². The van der Waals surface area contributed by atoms with Crippen LogP contribution in [-0.2, 0) is 0 Å². The maximum atomic E-state index is 3.35. The van der Waals surface area contributed by atoms with Crippen LogP contribution in [0, 0.1) is 0 Å². The maximum Gasteiger partial charge on any atom is 0.00660 e. The molecule has 0 radical (unpaired) electrons. The normalized spacial score (nSPS) is 13.0. The lowest BCUT2D eigenvalue weighted by Crippen LogP contribution is -1.67. The lowest BCUT2D eigenvalue weighted by atomic mass is 10.2. The molecular formula is C8H13Br. The van der Waals surface area contributed by atoms with Gasteiger partial charge in [-0.2, -0.15) is 0 Å². The molecule has 0 saturated heterocycles. The van der Waals surface area contributed by atoms with Gasteiger partial charge in [0, 0.05) is 5.33 Å². The van der Waals surface area contributed by atoms with Gasteiger partial charge in [0.25, 0.3) is 0 Å². The molecule has 0 aliphatic rings. The summed E-state index contributed by atoms with van der Waals surface area (Å²) in [4.78, 5) is 0. The Balaban J connectivity index is 3.45. The largest absolute Gasteiger partial charge is 0.0925 e. The van der Waals surface area contributed by atoms with E-state index in [-0.39, 0.29) is 0 Å². The third kappa shape index (κ3) is 5.84. The third-order valence-corrected chi connectivity index (χ3v) is 1.57. The summed E-state index contributed by atoms with van der Waals surface area (Å²) < 4.78 is 0. The van der Waals surface area contributed by atoms with Crippen LogP contribution in [0.1, 0.15) is 20.3 Å². The van der Waals surface area contributed by atoms with Crippen LogP contribution in [0.2, 0.25) is 0 Å². The molecular weight excluding hydrogens is 176 g/mol. The van der Waals surface area contributed by atoms with Gasteiger partial charge in [0.15, 0.2) is 0 Å². The number of halogens is 1. The van der Waals surface area contributed by atoms with E-state index in [1.165, 1.54) is 5.57 Å². The van der Waals surface area contributed by atoms with Crippen molar-refractivity contribution in [3.05, 3.63) is 23.8 Å². The summed E-state index contributed by atoms with van der Waals surface area (Å²) in [5.74, 6) is 0. The van der Waals surface area contributed by atoms with Crippen molar-refractivity contribution in [2.75, 3.05) is 5.33 Å². The molecule has 0 nitrogen and oxygen atoms in total. The van der Waals surface area contributed by atoms with E-state index < -0.39 is 0 Å². The minimum absolute atomic E-state index is 1.06. The highest BCUT2D eigenvalue weighted by molar-refractivity contribution is 9.09. The minimum Gasteiger partial charge on any atom is -0.0925 e. The Morgan fingerprint density at radius 1 is 1.56 bits per heavy atom. The second-order valence-corrected chi connectivity index (χ2v) is 2.71. The molecule has 0 amide bonds. The Morgan fingerprint density at radius 2 is 2.22 bits per heavy atom. The second-order valence-electron chi connectivity index (χ2n) is 1.91. The molecule has 0 heterocycles. The van der Waals surface area contributed by atoms with E-state index in [1.54, 1.807) is 0 Å². The van der Waals surface area contributed by atoms with Crippen molar-refractivity contribution < 1.29 is 0 Å². The van der Waals surface area contributed by atoms with Crippen LogP contribution < -0.4 is 0 Å². The van der Waals surface area contributed by atoms with Crippen LogP contribution in [0.4, 0.5) is 0 Å². The summed E-state index contributed by atoms with van der Waals surface area (Å²) in [7, 11) is 0. The molecule has 0 N–H and O–H groups in total. The highest BCUT2D eigenvalue weighted by atomic mass is 79.9. The van der Waals surface area contributed by atoms with Gasteiger partial charge >= 0.3 is 0 Å². The van der Waals surface area contributed by atoms with E-state index >= 15 is 0 Å². The van der Waals surface area contributed by atoms with Gasteiger partial charge in [-0.05, 0) is 20.3 Å². The molecule has 0 aromatic carbocycles. The zero-order valence-corrected chi connectivity index (χ0v) is 7.61. The van der Waals surface area contributed by atoms with Crippen molar-refractivity contribution in [1.82, 2.24) is 0 Å². The summed E-state index contributed by atoms with van der Waals surface area (Å²) in [6, 6.07) is 0.